The van der Waals surface area contributed by atoms with Gasteiger partial charge < -0.3 is 15.3 Å². The largest absolute Gasteiger partial charge is 0.421 e. The number of piperazine rings is 1. The monoisotopic (exact) mass is 491 g/mol. The maximum atomic E-state index is 13.2. The summed E-state index contributed by atoms with van der Waals surface area (Å²) in [6.07, 6.45) is -4.79. The summed E-state index contributed by atoms with van der Waals surface area (Å²) in [6.45, 7) is 6.12. The van der Waals surface area contributed by atoms with Gasteiger partial charge in [0.1, 0.15) is 4.21 Å². The Bertz CT molecular complexity index is 992. The number of hydrogen-bond donors (Lipinski definition) is 2. The van der Waals surface area contributed by atoms with E-state index < -0.39 is 21.8 Å². The van der Waals surface area contributed by atoms with Crippen LogP contribution in [0.1, 0.15) is 26.3 Å². The zero-order valence-electron chi connectivity index (χ0n) is 18.1. The summed E-state index contributed by atoms with van der Waals surface area (Å²) in [4.78, 5) is 2.00. The standard InChI is InChI=1S/C21H28F3N3O3S2/c1-15(2)25-13-18-14-26(32(29,30)19-5-4-12-31-19)10-11-27(18)17-8-6-16(7-9-17)20(3,28)21(22,23)24/h4-9,12,15,18,25,28H,10-11,13-14H2,1-3H3/t18-,20+/m0/s1. The molecule has 2 aromatic rings. The van der Waals surface area contributed by atoms with E-state index in [9.17, 15) is 26.7 Å². The number of aliphatic hydroxyl groups is 1. The van der Waals surface area contributed by atoms with Crippen LogP contribution in [-0.4, -0.2) is 62.3 Å². The second-order valence-electron chi connectivity index (χ2n) is 8.32. The third kappa shape index (κ3) is 5.12. The lowest BCUT2D eigenvalue weighted by Crippen LogP contribution is -2.58. The van der Waals surface area contributed by atoms with Crippen molar-refractivity contribution in [2.75, 3.05) is 31.1 Å². The van der Waals surface area contributed by atoms with Crippen molar-refractivity contribution in [1.82, 2.24) is 9.62 Å². The van der Waals surface area contributed by atoms with Gasteiger partial charge in [-0.25, -0.2) is 8.42 Å². The average Bonchev–Trinajstić information content (AvgIpc) is 3.27. The SMILES string of the molecule is CC(C)NC[C@H]1CN(S(=O)(=O)c2cccs2)CCN1c1ccc([C@@](C)(O)C(F)(F)F)cc1. The first-order chi connectivity index (χ1) is 14.8. The minimum absolute atomic E-state index is 0.186. The van der Waals surface area contributed by atoms with E-state index in [0.29, 0.717) is 23.0 Å². The molecule has 0 aliphatic carbocycles. The van der Waals surface area contributed by atoms with Crippen LogP contribution in [0.15, 0.2) is 46.0 Å². The molecule has 0 unspecified atom stereocenters. The second kappa shape index (κ2) is 9.30. The summed E-state index contributed by atoms with van der Waals surface area (Å²) in [5.74, 6) is 0. The minimum atomic E-state index is -4.79. The van der Waals surface area contributed by atoms with E-state index in [1.807, 2.05) is 18.7 Å². The van der Waals surface area contributed by atoms with Gasteiger partial charge in [-0.3, -0.25) is 0 Å². The predicted octanol–water partition coefficient (Wildman–Crippen LogP) is 3.40. The normalized spacial score (nSPS) is 20.5. The Kier molecular flexibility index (Phi) is 7.26. The van der Waals surface area contributed by atoms with Crippen molar-refractivity contribution in [3.63, 3.8) is 0 Å². The molecule has 0 amide bonds. The van der Waals surface area contributed by atoms with Crippen LogP contribution in [0.2, 0.25) is 0 Å². The van der Waals surface area contributed by atoms with Gasteiger partial charge in [0.15, 0.2) is 5.60 Å². The summed E-state index contributed by atoms with van der Waals surface area (Å²) < 4.78 is 67.2. The third-order valence-corrected chi connectivity index (χ3v) is 8.85. The van der Waals surface area contributed by atoms with Gasteiger partial charge in [0.05, 0.1) is 6.04 Å². The Morgan fingerprint density at radius 1 is 1.19 bits per heavy atom. The molecule has 0 spiro atoms. The summed E-state index contributed by atoms with van der Waals surface area (Å²) in [5, 5.41) is 15.0. The number of halogens is 3. The Labute approximate surface area is 190 Å². The van der Waals surface area contributed by atoms with Gasteiger partial charge >= 0.3 is 6.18 Å². The van der Waals surface area contributed by atoms with E-state index in [4.69, 9.17) is 0 Å². The van der Waals surface area contributed by atoms with Crippen molar-refractivity contribution in [2.45, 2.75) is 48.8 Å². The zero-order chi connectivity index (χ0) is 23.7. The molecular formula is C21H28F3N3O3S2. The molecule has 0 saturated carbocycles. The maximum Gasteiger partial charge on any atom is 0.421 e. The highest BCUT2D eigenvalue weighted by atomic mass is 32.2. The first-order valence-electron chi connectivity index (χ1n) is 10.3. The van der Waals surface area contributed by atoms with Crippen molar-refractivity contribution < 1.29 is 26.7 Å². The van der Waals surface area contributed by atoms with Crippen molar-refractivity contribution in [2.24, 2.45) is 0 Å². The molecule has 1 aromatic heterocycles. The van der Waals surface area contributed by atoms with Crippen LogP contribution >= 0.6 is 11.3 Å². The number of nitrogens with zero attached hydrogens (tertiary/aromatic N) is 2. The lowest BCUT2D eigenvalue weighted by molar-refractivity contribution is -0.258. The van der Waals surface area contributed by atoms with Crippen LogP contribution in [0.5, 0.6) is 0 Å². The minimum Gasteiger partial charge on any atom is -0.376 e. The number of alkyl halides is 3. The van der Waals surface area contributed by atoms with Crippen molar-refractivity contribution in [3.05, 3.63) is 47.3 Å². The smallest absolute Gasteiger partial charge is 0.376 e. The summed E-state index contributed by atoms with van der Waals surface area (Å²) in [5.41, 5.74) is -2.52. The highest BCUT2D eigenvalue weighted by Crippen LogP contribution is 2.39. The van der Waals surface area contributed by atoms with Crippen molar-refractivity contribution in [1.29, 1.82) is 0 Å². The number of anilines is 1. The molecule has 1 aromatic carbocycles. The van der Waals surface area contributed by atoms with Crippen LogP contribution in [-0.2, 0) is 15.6 Å². The van der Waals surface area contributed by atoms with E-state index in [-0.39, 0.29) is 30.7 Å². The van der Waals surface area contributed by atoms with Crippen LogP contribution in [0.3, 0.4) is 0 Å². The molecule has 0 radical (unpaired) electrons. The second-order valence-corrected chi connectivity index (χ2v) is 11.4. The molecule has 2 heterocycles. The van der Waals surface area contributed by atoms with Crippen LogP contribution in [0.25, 0.3) is 0 Å². The van der Waals surface area contributed by atoms with Gasteiger partial charge in [0, 0.05) is 37.9 Å². The topological polar surface area (TPSA) is 72.9 Å². The van der Waals surface area contributed by atoms with E-state index in [1.54, 1.807) is 29.6 Å². The van der Waals surface area contributed by atoms with Crippen LogP contribution < -0.4 is 10.2 Å². The molecule has 6 nitrogen and oxygen atoms in total. The maximum absolute atomic E-state index is 13.2. The molecule has 2 atom stereocenters. The Morgan fingerprint density at radius 2 is 1.84 bits per heavy atom. The summed E-state index contributed by atoms with van der Waals surface area (Å²) >= 11 is 1.17. The lowest BCUT2D eigenvalue weighted by atomic mass is 9.95. The third-order valence-electron chi connectivity index (χ3n) is 5.61. The van der Waals surface area contributed by atoms with E-state index >= 15 is 0 Å². The van der Waals surface area contributed by atoms with Crippen molar-refractivity contribution >= 4 is 27.0 Å². The molecule has 2 N–H and O–H groups in total. The van der Waals surface area contributed by atoms with Gasteiger partial charge in [-0.2, -0.15) is 17.5 Å². The van der Waals surface area contributed by atoms with Crippen LogP contribution in [0, 0.1) is 0 Å². The first-order valence-corrected chi connectivity index (χ1v) is 12.6. The first kappa shape index (κ1) is 25.0. The number of benzene rings is 1. The average molecular weight is 492 g/mol. The Hall–Kier alpha value is -1.66. The highest BCUT2D eigenvalue weighted by molar-refractivity contribution is 7.91. The molecule has 0 bridgehead atoms. The van der Waals surface area contributed by atoms with Crippen molar-refractivity contribution in [3.8, 4) is 0 Å². The summed E-state index contributed by atoms with van der Waals surface area (Å²) in [6, 6.07) is 8.88. The van der Waals surface area contributed by atoms with E-state index in [2.05, 4.69) is 5.32 Å². The lowest BCUT2D eigenvalue weighted by Gasteiger charge is -2.42. The quantitative estimate of drug-likeness (QED) is 0.621. The van der Waals surface area contributed by atoms with E-state index in [0.717, 1.165) is 6.92 Å². The van der Waals surface area contributed by atoms with Gasteiger partial charge in [-0.1, -0.05) is 32.0 Å². The van der Waals surface area contributed by atoms with Gasteiger partial charge in [-0.05, 0) is 36.1 Å². The van der Waals surface area contributed by atoms with Gasteiger partial charge in [-0.15, -0.1) is 11.3 Å². The fraction of sp³-hybridized carbons (Fsp3) is 0.524. The zero-order valence-corrected chi connectivity index (χ0v) is 19.8. The molecule has 3 rings (SSSR count). The molecule has 1 saturated heterocycles. The molecule has 1 aliphatic rings. The number of rotatable bonds is 7. The number of hydrogen-bond acceptors (Lipinski definition) is 6. The fourth-order valence-electron chi connectivity index (χ4n) is 3.61. The molecular weight excluding hydrogens is 463 g/mol. The molecule has 11 heteroatoms. The predicted molar refractivity (Wildman–Crippen MR) is 119 cm³/mol. The molecule has 32 heavy (non-hydrogen) atoms. The van der Waals surface area contributed by atoms with Gasteiger partial charge in [0.2, 0.25) is 0 Å². The Morgan fingerprint density at radius 3 is 2.38 bits per heavy atom. The number of sulfonamides is 1. The summed E-state index contributed by atoms with van der Waals surface area (Å²) in [7, 11) is -3.60. The highest BCUT2D eigenvalue weighted by Gasteiger charge is 2.51. The van der Waals surface area contributed by atoms with E-state index in [1.165, 1.54) is 27.8 Å². The number of nitrogens with one attached hydrogen (secondary N) is 1. The number of thiophene rings is 1. The Balaban J connectivity index is 1.84. The van der Waals surface area contributed by atoms with Gasteiger partial charge in [0.25, 0.3) is 10.0 Å². The van der Waals surface area contributed by atoms with Crippen LogP contribution in [0.4, 0.5) is 18.9 Å². The molecule has 178 valence electrons. The molecule has 1 aliphatic heterocycles. The fourth-order valence-corrected chi connectivity index (χ4v) is 6.22. The molecule has 1 fully saturated rings.